The summed E-state index contributed by atoms with van der Waals surface area (Å²) in [5.41, 5.74) is 0.0650. The molecular weight excluding hydrogens is 382 g/mol. The van der Waals surface area contributed by atoms with Gasteiger partial charge in [-0.3, -0.25) is 9.00 Å². The molecule has 0 heterocycles. The van der Waals surface area contributed by atoms with Crippen LogP contribution in [-0.2, 0) is 35.2 Å². The minimum atomic E-state index is -2.34. The van der Waals surface area contributed by atoms with Crippen molar-refractivity contribution in [2.45, 2.75) is 51.9 Å². The van der Waals surface area contributed by atoms with Gasteiger partial charge in [0.1, 0.15) is 18.2 Å². The van der Waals surface area contributed by atoms with Crippen molar-refractivity contribution in [3.05, 3.63) is 35.9 Å². The molecule has 0 aromatic heterocycles. The summed E-state index contributed by atoms with van der Waals surface area (Å²) < 4.78 is 22.2. The Balaban J connectivity index is 2.78. The summed E-state index contributed by atoms with van der Waals surface area (Å²) in [6, 6.07) is 8.05. The number of nitrogens with one attached hydrogen (secondary N) is 1. The van der Waals surface area contributed by atoms with Crippen molar-refractivity contribution < 1.29 is 28.1 Å². The van der Waals surface area contributed by atoms with E-state index in [0.717, 1.165) is 10.9 Å². The van der Waals surface area contributed by atoms with Crippen LogP contribution in [0.15, 0.2) is 30.3 Å². The number of hydrogen-bond acceptors (Lipinski definition) is 6. The third kappa shape index (κ3) is 10.7. The van der Waals surface area contributed by atoms with Gasteiger partial charge in [0.05, 0.1) is 0 Å². The highest BCUT2D eigenvalue weighted by atomic mass is 32.2. The number of hydrogen-bond donors (Lipinski definition) is 1. The number of ketones is 1. The molecule has 1 unspecified atom stereocenters. The fourth-order valence-corrected chi connectivity index (χ4v) is 2.94. The van der Waals surface area contributed by atoms with Gasteiger partial charge in [-0.25, -0.2) is 9.59 Å². The van der Waals surface area contributed by atoms with E-state index in [1.54, 1.807) is 32.9 Å². The van der Waals surface area contributed by atoms with E-state index in [0.29, 0.717) is 0 Å². The van der Waals surface area contributed by atoms with Gasteiger partial charge >= 0.3 is 12.1 Å². The van der Waals surface area contributed by atoms with Crippen LogP contribution >= 0.6 is 0 Å². The average Bonchev–Trinajstić information content (AvgIpc) is 2.54. The Labute approximate surface area is 166 Å². The van der Waals surface area contributed by atoms with Gasteiger partial charge in [0.15, 0.2) is 5.78 Å². The normalized spacial score (nSPS) is 12.6. The standard InChI is InChI=1S/C20H29NO6S/c1-20(2,3)27-19(24)21-17(12-11-16(22)14-28(4,5)25)18(23)26-13-15-9-7-6-8-10-15/h6-10,14,17H,11-13H2,1-5H3,(H,21,24). The molecule has 1 amide bonds. The summed E-state index contributed by atoms with van der Waals surface area (Å²) in [6.45, 7) is 5.15. The molecule has 0 fully saturated rings. The molecule has 28 heavy (non-hydrogen) atoms. The van der Waals surface area contributed by atoms with Crippen LogP contribution in [0.3, 0.4) is 0 Å². The maximum Gasteiger partial charge on any atom is 0.408 e. The molecule has 1 aromatic carbocycles. The second kappa shape index (κ2) is 10.3. The van der Waals surface area contributed by atoms with E-state index >= 15 is 0 Å². The zero-order valence-corrected chi connectivity index (χ0v) is 17.8. The first-order valence-corrected chi connectivity index (χ1v) is 11.3. The van der Waals surface area contributed by atoms with Crippen molar-refractivity contribution in [2.24, 2.45) is 0 Å². The van der Waals surface area contributed by atoms with E-state index in [1.165, 1.54) is 12.5 Å². The highest BCUT2D eigenvalue weighted by Gasteiger charge is 2.26. The molecule has 156 valence electrons. The summed E-state index contributed by atoms with van der Waals surface area (Å²) >= 11 is 0. The molecule has 0 bridgehead atoms. The van der Waals surface area contributed by atoms with Crippen LogP contribution in [0, 0.1) is 0 Å². The summed E-state index contributed by atoms with van der Waals surface area (Å²) in [5, 5.41) is 3.60. The Hall–Kier alpha value is -2.35. The lowest BCUT2D eigenvalue weighted by molar-refractivity contribution is -0.147. The van der Waals surface area contributed by atoms with Crippen molar-refractivity contribution in [3.63, 3.8) is 0 Å². The molecular formula is C20H29NO6S. The third-order valence-corrected chi connectivity index (χ3v) is 4.12. The van der Waals surface area contributed by atoms with Crippen LogP contribution in [0.4, 0.5) is 4.79 Å². The third-order valence-electron chi connectivity index (χ3n) is 3.29. The van der Waals surface area contributed by atoms with Gasteiger partial charge in [0.2, 0.25) is 0 Å². The predicted octanol–water partition coefficient (Wildman–Crippen LogP) is 2.32. The second-order valence-electron chi connectivity index (χ2n) is 7.72. The van der Waals surface area contributed by atoms with Gasteiger partial charge in [0, 0.05) is 24.3 Å². The molecule has 0 aliphatic heterocycles. The number of carbonyl (C=O) groups excluding carboxylic acids is 3. The van der Waals surface area contributed by atoms with Gasteiger partial charge < -0.3 is 14.8 Å². The molecule has 0 spiro atoms. The number of carbonyl (C=O) groups is 3. The topological polar surface area (TPSA) is 98.8 Å². The molecule has 0 aliphatic rings. The largest absolute Gasteiger partial charge is 0.459 e. The maximum absolute atomic E-state index is 12.4. The summed E-state index contributed by atoms with van der Waals surface area (Å²) in [7, 11) is -2.34. The first-order chi connectivity index (χ1) is 12.9. The second-order valence-corrected chi connectivity index (χ2v) is 10.6. The lowest BCUT2D eigenvalue weighted by Crippen LogP contribution is -2.44. The summed E-state index contributed by atoms with van der Waals surface area (Å²) in [6.07, 6.45) is 2.09. The van der Waals surface area contributed by atoms with Crippen LogP contribution in [-0.4, -0.2) is 51.6 Å². The van der Waals surface area contributed by atoms with Crippen molar-refractivity contribution in [1.29, 1.82) is 0 Å². The highest BCUT2D eigenvalue weighted by molar-refractivity contribution is 8.01. The molecule has 0 aliphatic carbocycles. The van der Waals surface area contributed by atoms with Crippen LogP contribution in [0.25, 0.3) is 0 Å². The van der Waals surface area contributed by atoms with E-state index in [2.05, 4.69) is 5.32 Å². The van der Waals surface area contributed by atoms with Gasteiger partial charge in [-0.05, 0) is 42.3 Å². The quantitative estimate of drug-likeness (QED) is 0.521. The molecule has 1 rings (SSSR count). The average molecular weight is 412 g/mol. The van der Waals surface area contributed by atoms with E-state index in [9.17, 15) is 18.6 Å². The minimum absolute atomic E-state index is 0.0116. The Kier molecular flexibility index (Phi) is 8.68. The predicted molar refractivity (Wildman–Crippen MR) is 110 cm³/mol. The Morgan fingerprint density at radius 1 is 1.14 bits per heavy atom. The van der Waals surface area contributed by atoms with Gasteiger partial charge in [-0.2, -0.15) is 0 Å². The monoisotopic (exact) mass is 411 g/mol. The molecule has 8 heteroatoms. The van der Waals surface area contributed by atoms with Gasteiger partial charge in [0.25, 0.3) is 0 Å². The molecule has 7 nitrogen and oxygen atoms in total. The van der Waals surface area contributed by atoms with Crippen LogP contribution < -0.4 is 5.32 Å². The molecule has 0 saturated heterocycles. The van der Waals surface area contributed by atoms with Gasteiger partial charge in [-0.1, -0.05) is 30.3 Å². The van der Waals surface area contributed by atoms with E-state index < -0.39 is 33.2 Å². The number of esters is 1. The summed E-state index contributed by atoms with van der Waals surface area (Å²) in [5.74, 6) is -1.03. The zero-order chi connectivity index (χ0) is 21.4. The molecule has 0 saturated carbocycles. The van der Waals surface area contributed by atoms with Crippen LogP contribution in [0.2, 0.25) is 0 Å². The first kappa shape index (κ1) is 23.7. The Morgan fingerprint density at radius 2 is 1.75 bits per heavy atom. The van der Waals surface area contributed by atoms with Crippen LogP contribution in [0.5, 0.6) is 0 Å². The van der Waals surface area contributed by atoms with Gasteiger partial charge in [-0.15, -0.1) is 0 Å². The number of Topliss-reactive ketones (excluding diaryl/α,β-unsaturated/α-hetero) is 1. The maximum atomic E-state index is 12.4. The number of ether oxygens (including phenoxy) is 2. The minimum Gasteiger partial charge on any atom is -0.459 e. The van der Waals surface area contributed by atoms with Crippen LogP contribution in [0.1, 0.15) is 39.2 Å². The zero-order valence-electron chi connectivity index (χ0n) is 17.0. The fourth-order valence-electron chi connectivity index (χ4n) is 2.19. The van der Waals surface area contributed by atoms with E-state index in [-0.39, 0.29) is 25.2 Å². The Morgan fingerprint density at radius 3 is 2.29 bits per heavy atom. The molecule has 1 atom stereocenters. The van der Waals surface area contributed by atoms with Crippen molar-refractivity contribution in [1.82, 2.24) is 5.32 Å². The molecule has 1 N–H and O–H groups in total. The van der Waals surface area contributed by atoms with E-state index in [4.69, 9.17) is 9.47 Å². The number of rotatable bonds is 8. The smallest absolute Gasteiger partial charge is 0.408 e. The Bertz CT molecular complexity index is 796. The van der Waals surface area contributed by atoms with Crippen molar-refractivity contribution >= 4 is 32.7 Å². The number of amides is 1. The van der Waals surface area contributed by atoms with Crippen molar-refractivity contribution in [3.8, 4) is 0 Å². The summed E-state index contributed by atoms with van der Waals surface area (Å²) in [4.78, 5) is 36.4. The first-order valence-electron chi connectivity index (χ1n) is 8.87. The molecule has 1 aromatic rings. The lowest BCUT2D eigenvalue weighted by Gasteiger charge is -2.22. The van der Waals surface area contributed by atoms with Crippen molar-refractivity contribution in [2.75, 3.05) is 12.5 Å². The molecule has 0 radical (unpaired) electrons. The SMILES string of the molecule is CC(C)(C)OC(=O)NC(CCC(=O)C=S(C)(C)=O)C(=O)OCc1ccccc1. The highest BCUT2D eigenvalue weighted by Crippen LogP contribution is 2.10. The lowest BCUT2D eigenvalue weighted by atomic mass is 10.1. The van der Waals surface area contributed by atoms with E-state index in [1.807, 2.05) is 18.2 Å². The number of alkyl carbamates (subject to hydrolysis) is 1. The number of benzene rings is 1. The fraction of sp³-hybridized carbons (Fsp3) is 0.500.